The van der Waals surface area contributed by atoms with Crippen LogP contribution < -0.4 is 15.5 Å². The summed E-state index contributed by atoms with van der Waals surface area (Å²) in [6.45, 7) is 8.80. The topological polar surface area (TPSA) is 128 Å². The standard InChI is InChI=1S/C32H46N4O6S/c1-22(2)17-31(38)36(34-32(39)27-11-8-15-33-27)28(18-24-9-6-5-7-10-24)29(37)21-35(20-23(3)4)43(40,41)26-12-13-30-25(19-26)14-16-42-30/h5-7,9-10,12-13,19,22-23,27-29,33,37H,8,11,14-18,20-21H2,1-4H3,(H,34,39)/t27?,28?,29-/m1/s1. The number of aliphatic hydroxyl groups excluding tert-OH is 1. The number of hydrazine groups is 1. The van der Waals surface area contributed by atoms with E-state index >= 15 is 0 Å². The number of hydrogen-bond acceptors (Lipinski definition) is 7. The van der Waals surface area contributed by atoms with Crippen molar-refractivity contribution < 1.29 is 27.9 Å². The molecular formula is C32H46N4O6S. The van der Waals surface area contributed by atoms with E-state index < -0.39 is 28.2 Å². The van der Waals surface area contributed by atoms with Crippen molar-refractivity contribution in [1.29, 1.82) is 0 Å². The lowest BCUT2D eigenvalue weighted by Crippen LogP contribution is -2.61. The van der Waals surface area contributed by atoms with Gasteiger partial charge in [0.15, 0.2) is 0 Å². The zero-order valence-corrected chi connectivity index (χ0v) is 26.5. The summed E-state index contributed by atoms with van der Waals surface area (Å²) >= 11 is 0. The van der Waals surface area contributed by atoms with Gasteiger partial charge in [0, 0.05) is 25.9 Å². The quantitative estimate of drug-likeness (QED) is 0.296. The minimum absolute atomic E-state index is 0.00707. The summed E-state index contributed by atoms with van der Waals surface area (Å²) in [5, 5.41) is 16.3. The van der Waals surface area contributed by atoms with Gasteiger partial charge in [0.25, 0.3) is 5.91 Å². The molecule has 3 N–H and O–H groups in total. The molecule has 0 radical (unpaired) electrons. The Morgan fingerprint density at radius 2 is 1.81 bits per heavy atom. The highest BCUT2D eigenvalue weighted by atomic mass is 32.2. The van der Waals surface area contributed by atoms with Crippen LogP contribution in [0.25, 0.3) is 0 Å². The fraction of sp³-hybridized carbons (Fsp3) is 0.562. The first kappa shape index (κ1) is 32.9. The monoisotopic (exact) mass is 614 g/mol. The maximum atomic E-state index is 14.0. The molecule has 2 aromatic rings. The summed E-state index contributed by atoms with van der Waals surface area (Å²) in [5.74, 6) is -0.0130. The van der Waals surface area contributed by atoms with Crippen molar-refractivity contribution in [3.63, 3.8) is 0 Å². The molecule has 4 rings (SSSR count). The van der Waals surface area contributed by atoms with Gasteiger partial charge in [-0.05, 0) is 67.0 Å². The predicted octanol–water partition coefficient (Wildman–Crippen LogP) is 2.90. The van der Waals surface area contributed by atoms with Gasteiger partial charge in [-0.2, -0.15) is 4.31 Å². The summed E-state index contributed by atoms with van der Waals surface area (Å²) in [6, 6.07) is 12.9. The highest BCUT2D eigenvalue weighted by molar-refractivity contribution is 7.89. The Morgan fingerprint density at radius 3 is 2.47 bits per heavy atom. The molecule has 0 bridgehead atoms. The second kappa shape index (κ2) is 14.7. The summed E-state index contributed by atoms with van der Waals surface area (Å²) < 4.78 is 34.9. The van der Waals surface area contributed by atoms with Crippen molar-refractivity contribution in [2.75, 3.05) is 26.2 Å². The van der Waals surface area contributed by atoms with Gasteiger partial charge < -0.3 is 15.2 Å². The molecule has 0 spiro atoms. The fourth-order valence-corrected chi connectivity index (χ4v) is 7.29. The third-order valence-electron chi connectivity index (χ3n) is 7.78. The molecule has 0 aromatic heterocycles. The van der Waals surface area contributed by atoms with Crippen LogP contribution in [0.15, 0.2) is 53.4 Å². The Kier molecular flexibility index (Phi) is 11.2. The average Bonchev–Trinajstić information content (AvgIpc) is 3.66. The molecule has 2 aromatic carbocycles. The maximum Gasteiger partial charge on any atom is 0.255 e. The van der Waals surface area contributed by atoms with Crippen molar-refractivity contribution in [1.82, 2.24) is 20.1 Å². The van der Waals surface area contributed by atoms with Crippen molar-refractivity contribution >= 4 is 21.8 Å². The first-order valence-electron chi connectivity index (χ1n) is 15.3. The lowest BCUT2D eigenvalue weighted by molar-refractivity contribution is -0.149. The van der Waals surface area contributed by atoms with Gasteiger partial charge in [0.1, 0.15) is 5.75 Å². The number of ether oxygens (including phenoxy) is 1. The van der Waals surface area contributed by atoms with Gasteiger partial charge in [-0.15, -0.1) is 0 Å². The van der Waals surface area contributed by atoms with E-state index in [1.807, 2.05) is 58.0 Å². The average molecular weight is 615 g/mol. The second-order valence-corrected chi connectivity index (χ2v) is 14.3. The highest BCUT2D eigenvalue weighted by Gasteiger charge is 2.37. The van der Waals surface area contributed by atoms with Gasteiger partial charge in [0.05, 0.1) is 29.7 Å². The highest BCUT2D eigenvalue weighted by Crippen LogP contribution is 2.29. The number of amides is 2. The maximum absolute atomic E-state index is 14.0. The van der Waals surface area contributed by atoms with Gasteiger partial charge in [0.2, 0.25) is 15.9 Å². The van der Waals surface area contributed by atoms with Crippen LogP contribution in [0.1, 0.15) is 58.1 Å². The Hall–Kier alpha value is -2.99. The molecule has 1 saturated heterocycles. The van der Waals surface area contributed by atoms with Gasteiger partial charge in [-0.25, -0.2) is 13.4 Å². The van der Waals surface area contributed by atoms with Crippen LogP contribution in [-0.4, -0.2) is 79.1 Å². The molecule has 43 heavy (non-hydrogen) atoms. The van der Waals surface area contributed by atoms with Crippen LogP contribution in [0.2, 0.25) is 0 Å². The molecule has 0 aliphatic carbocycles. The number of benzene rings is 2. The van der Waals surface area contributed by atoms with Crippen LogP contribution in [-0.2, 0) is 32.5 Å². The van der Waals surface area contributed by atoms with Crippen LogP contribution in [0.5, 0.6) is 5.75 Å². The normalized spacial score (nSPS) is 18.0. The molecule has 2 aliphatic rings. The van der Waals surface area contributed by atoms with E-state index in [1.165, 1.54) is 15.4 Å². The summed E-state index contributed by atoms with van der Waals surface area (Å²) in [7, 11) is -4.00. The summed E-state index contributed by atoms with van der Waals surface area (Å²) in [5.41, 5.74) is 4.50. The minimum Gasteiger partial charge on any atom is -0.493 e. The van der Waals surface area contributed by atoms with E-state index in [0.29, 0.717) is 31.7 Å². The zero-order valence-electron chi connectivity index (χ0n) is 25.7. The predicted molar refractivity (Wildman–Crippen MR) is 165 cm³/mol. The van der Waals surface area contributed by atoms with Crippen LogP contribution >= 0.6 is 0 Å². The van der Waals surface area contributed by atoms with Crippen LogP contribution in [0.3, 0.4) is 0 Å². The number of aliphatic hydroxyl groups is 1. The first-order chi connectivity index (χ1) is 20.5. The number of nitrogens with one attached hydrogen (secondary N) is 2. The van der Waals surface area contributed by atoms with Gasteiger partial charge >= 0.3 is 0 Å². The lowest BCUT2D eigenvalue weighted by Gasteiger charge is -2.38. The molecule has 1 fully saturated rings. The van der Waals surface area contributed by atoms with E-state index in [9.17, 15) is 23.1 Å². The van der Waals surface area contributed by atoms with Crippen molar-refractivity contribution in [2.45, 2.75) is 82.9 Å². The van der Waals surface area contributed by atoms with Crippen LogP contribution in [0, 0.1) is 11.8 Å². The molecule has 2 aliphatic heterocycles. The Morgan fingerprint density at radius 1 is 1.07 bits per heavy atom. The van der Waals surface area contributed by atoms with E-state index in [1.54, 1.807) is 12.1 Å². The Balaban J connectivity index is 1.68. The number of carbonyl (C=O) groups excluding carboxylic acids is 2. The third-order valence-corrected chi connectivity index (χ3v) is 9.61. The number of sulfonamides is 1. The van der Waals surface area contributed by atoms with E-state index in [-0.39, 0.29) is 54.5 Å². The molecule has 10 nitrogen and oxygen atoms in total. The Bertz CT molecular complexity index is 1340. The molecule has 11 heteroatoms. The van der Waals surface area contributed by atoms with Crippen molar-refractivity contribution in [3.8, 4) is 5.75 Å². The van der Waals surface area contributed by atoms with E-state index in [2.05, 4.69) is 10.7 Å². The number of carbonyl (C=O) groups is 2. The smallest absolute Gasteiger partial charge is 0.255 e. The molecule has 2 amide bonds. The largest absolute Gasteiger partial charge is 0.493 e. The van der Waals surface area contributed by atoms with Crippen molar-refractivity contribution in [3.05, 3.63) is 59.7 Å². The number of hydrogen-bond donors (Lipinski definition) is 3. The molecule has 2 unspecified atom stereocenters. The minimum atomic E-state index is -4.00. The zero-order chi connectivity index (χ0) is 31.1. The lowest BCUT2D eigenvalue weighted by atomic mass is 9.99. The molecular weight excluding hydrogens is 568 g/mol. The molecule has 0 saturated carbocycles. The van der Waals surface area contributed by atoms with Gasteiger partial charge in [-0.3, -0.25) is 15.0 Å². The van der Waals surface area contributed by atoms with Gasteiger partial charge in [-0.1, -0.05) is 58.0 Å². The van der Waals surface area contributed by atoms with Crippen LogP contribution in [0.4, 0.5) is 0 Å². The number of rotatable bonds is 13. The third kappa shape index (κ3) is 8.56. The summed E-state index contributed by atoms with van der Waals surface area (Å²) in [4.78, 5) is 27.1. The van der Waals surface area contributed by atoms with E-state index in [4.69, 9.17) is 4.74 Å². The molecule has 236 valence electrons. The molecule has 2 heterocycles. The second-order valence-electron chi connectivity index (χ2n) is 12.4. The van der Waals surface area contributed by atoms with E-state index in [0.717, 1.165) is 17.5 Å². The fourth-order valence-electron chi connectivity index (χ4n) is 5.62. The SMILES string of the molecule is CC(C)CC(=O)N(NC(=O)C1CCCN1)C(Cc1ccccc1)[C@H](O)CN(CC(C)C)S(=O)(=O)c1ccc2c(c1)CCO2. The number of nitrogens with zero attached hydrogens (tertiary/aromatic N) is 2. The first-order valence-corrected chi connectivity index (χ1v) is 16.7. The molecule has 3 atom stereocenters. The van der Waals surface area contributed by atoms with Crippen molar-refractivity contribution in [2.24, 2.45) is 11.8 Å². The number of fused-ring (bicyclic) bond motifs is 1. The summed E-state index contributed by atoms with van der Waals surface area (Å²) in [6.07, 6.45) is 1.20. The Labute approximate surface area is 255 Å².